The number of aliphatic hydroxyl groups is 1. The van der Waals surface area contributed by atoms with Gasteiger partial charge >= 0.3 is 5.69 Å². The molecule has 1 aromatic carbocycles. The Morgan fingerprint density at radius 3 is 2.90 bits per heavy atom. The SMILES string of the molecule is CCCn1c(Sc2ccc(CO)cc2[N+](=O)[O-])n[nH]c1=O. The number of hydrogen-bond donors (Lipinski definition) is 2. The number of benzene rings is 1. The lowest BCUT2D eigenvalue weighted by Gasteiger charge is -2.05. The van der Waals surface area contributed by atoms with E-state index in [0.29, 0.717) is 22.2 Å². The van der Waals surface area contributed by atoms with E-state index in [1.54, 1.807) is 12.1 Å². The second-order valence-corrected chi connectivity index (χ2v) is 5.29. The fraction of sp³-hybridized carbons (Fsp3) is 0.333. The van der Waals surface area contributed by atoms with Crippen LogP contribution >= 0.6 is 11.8 Å². The van der Waals surface area contributed by atoms with Crippen molar-refractivity contribution in [1.29, 1.82) is 0 Å². The number of nitrogens with one attached hydrogen (secondary N) is 1. The van der Waals surface area contributed by atoms with E-state index in [-0.39, 0.29) is 18.0 Å². The van der Waals surface area contributed by atoms with Gasteiger partial charge in [-0.25, -0.2) is 9.89 Å². The van der Waals surface area contributed by atoms with E-state index in [1.165, 1.54) is 10.6 Å². The first-order valence-corrected chi connectivity index (χ1v) is 7.09. The predicted octanol–water partition coefficient (Wildman–Crippen LogP) is 1.53. The van der Waals surface area contributed by atoms with Gasteiger partial charge in [0.05, 0.1) is 16.4 Å². The monoisotopic (exact) mass is 310 g/mol. The average molecular weight is 310 g/mol. The van der Waals surface area contributed by atoms with Gasteiger partial charge in [-0.1, -0.05) is 13.0 Å². The number of nitrogens with zero attached hydrogens (tertiary/aromatic N) is 3. The van der Waals surface area contributed by atoms with Crippen LogP contribution in [0.1, 0.15) is 18.9 Å². The maximum Gasteiger partial charge on any atom is 0.343 e. The Bertz CT molecular complexity index is 710. The lowest BCUT2D eigenvalue weighted by atomic mass is 10.2. The van der Waals surface area contributed by atoms with Gasteiger partial charge in [0.15, 0.2) is 5.16 Å². The van der Waals surface area contributed by atoms with Crippen LogP contribution < -0.4 is 5.69 Å². The van der Waals surface area contributed by atoms with E-state index in [9.17, 15) is 14.9 Å². The highest BCUT2D eigenvalue weighted by Crippen LogP contribution is 2.34. The lowest BCUT2D eigenvalue weighted by Crippen LogP contribution is -2.17. The Hall–Kier alpha value is -2.13. The second-order valence-electron chi connectivity index (χ2n) is 4.28. The van der Waals surface area contributed by atoms with Gasteiger partial charge in [0.25, 0.3) is 5.69 Å². The summed E-state index contributed by atoms with van der Waals surface area (Å²) in [6.45, 7) is 2.14. The van der Waals surface area contributed by atoms with Gasteiger partial charge < -0.3 is 5.11 Å². The number of H-pyrrole nitrogens is 1. The van der Waals surface area contributed by atoms with Crippen molar-refractivity contribution < 1.29 is 10.0 Å². The molecule has 2 N–H and O–H groups in total. The zero-order valence-corrected chi connectivity index (χ0v) is 12.1. The molecule has 0 saturated heterocycles. The zero-order valence-electron chi connectivity index (χ0n) is 11.3. The van der Waals surface area contributed by atoms with Crippen LogP contribution in [-0.2, 0) is 13.2 Å². The number of aliphatic hydroxyl groups excluding tert-OH is 1. The first-order chi connectivity index (χ1) is 10.1. The molecule has 0 fully saturated rings. The minimum absolute atomic E-state index is 0.120. The van der Waals surface area contributed by atoms with Crippen molar-refractivity contribution in [2.75, 3.05) is 0 Å². The molecule has 0 unspecified atom stereocenters. The van der Waals surface area contributed by atoms with E-state index in [1.807, 2.05) is 6.92 Å². The van der Waals surface area contributed by atoms with Crippen molar-refractivity contribution in [2.45, 2.75) is 36.5 Å². The van der Waals surface area contributed by atoms with Crippen molar-refractivity contribution in [3.05, 3.63) is 44.4 Å². The van der Waals surface area contributed by atoms with E-state index in [0.717, 1.165) is 18.2 Å². The molecule has 0 amide bonds. The van der Waals surface area contributed by atoms with E-state index in [2.05, 4.69) is 10.2 Å². The van der Waals surface area contributed by atoms with Crippen LogP contribution in [0, 0.1) is 10.1 Å². The summed E-state index contributed by atoms with van der Waals surface area (Å²) in [5, 5.41) is 26.8. The van der Waals surface area contributed by atoms with Crippen molar-refractivity contribution >= 4 is 17.4 Å². The Labute approximate surface area is 124 Å². The first-order valence-electron chi connectivity index (χ1n) is 6.28. The molecule has 0 spiro atoms. The smallest absolute Gasteiger partial charge is 0.343 e. The van der Waals surface area contributed by atoms with E-state index >= 15 is 0 Å². The van der Waals surface area contributed by atoms with Gasteiger partial charge in [-0.15, -0.1) is 5.10 Å². The highest BCUT2D eigenvalue weighted by atomic mass is 32.2. The Morgan fingerprint density at radius 2 is 2.29 bits per heavy atom. The molecule has 9 heteroatoms. The van der Waals surface area contributed by atoms with Crippen LogP contribution in [0.15, 0.2) is 33.0 Å². The van der Waals surface area contributed by atoms with E-state index in [4.69, 9.17) is 5.11 Å². The molecule has 21 heavy (non-hydrogen) atoms. The van der Waals surface area contributed by atoms with Gasteiger partial charge in [-0.3, -0.25) is 14.7 Å². The van der Waals surface area contributed by atoms with Crippen LogP contribution in [0.3, 0.4) is 0 Å². The molecule has 2 aromatic rings. The van der Waals surface area contributed by atoms with Gasteiger partial charge in [-0.2, -0.15) is 0 Å². The van der Waals surface area contributed by atoms with Crippen LogP contribution in [0.4, 0.5) is 5.69 Å². The molecule has 1 heterocycles. The fourth-order valence-corrected chi connectivity index (χ4v) is 2.74. The maximum absolute atomic E-state index is 11.6. The summed E-state index contributed by atoms with van der Waals surface area (Å²) in [5.74, 6) is 0. The summed E-state index contributed by atoms with van der Waals surface area (Å²) in [4.78, 5) is 22.6. The number of aromatic amines is 1. The number of aromatic nitrogens is 3. The summed E-state index contributed by atoms with van der Waals surface area (Å²) < 4.78 is 1.44. The number of nitro groups is 1. The fourth-order valence-electron chi connectivity index (χ4n) is 1.79. The maximum atomic E-state index is 11.6. The van der Waals surface area contributed by atoms with Gasteiger partial charge in [0, 0.05) is 12.6 Å². The zero-order chi connectivity index (χ0) is 15.4. The molecule has 0 aliphatic carbocycles. The highest BCUT2D eigenvalue weighted by Gasteiger charge is 2.18. The molecule has 0 bridgehead atoms. The highest BCUT2D eigenvalue weighted by molar-refractivity contribution is 7.99. The summed E-state index contributed by atoms with van der Waals surface area (Å²) in [7, 11) is 0. The van der Waals surface area contributed by atoms with Crippen molar-refractivity contribution in [1.82, 2.24) is 14.8 Å². The number of hydrogen-bond acceptors (Lipinski definition) is 6. The minimum atomic E-state index is -0.517. The Morgan fingerprint density at radius 1 is 1.52 bits per heavy atom. The third kappa shape index (κ3) is 3.31. The Kier molecular flexibility index (Phi) is 4.76. The third-order valence-corrected chi connectivity index (χ3v) is 3.83. The molecule has 0 saturated carbocycles. The topological polar surface area (TPSA) is 114 Å². The van der Waals surface area contributed by atoms with Crippen LogP contribution in [-0.4, -0.2) is 24.8 Å². The summed E-state index contributed by atoms with van der Waals surface area (Å²) >= 11 is 1.05. The summed E-state index contributed by atoms with van der Waals surface area (Å²) in [6.07, 6.45) is 0.749. The molecule has 8 nitrogen and oxygen atoms in total. The van der Waals surface area contributed by atoms with Crippen LogP contribution in [0.5, 0.6) is 0 Å². The normalized spacial score (nSPS) is 10.8. The predicted molar refractivity (Wildman–Crippen MR) is 76.3 cm³/mol. The lowest BCUT2D eigenvalue weighted by molar-refractivity contribution is -0.387. The standard InChI is InChI=1S/C12H14N4O4S/c1-2-5-15-11(18)13-14-12(15)21-10-4-3-8(7-17)6-9(10)16(19)20/h3-4,6,17H,2,5,7H2,1H3,(H,13,18). The number of rotatable bonds is 6. The molecule has 0 aliphatic heterocycles. The molecule has 2 rings (SSSR count). The third-order valence-electron chi connectivity index (χ3n) is 2.77. The quantitative estimate of drug-likeness (QED) is 0.618. The summed E-state index contributed by atoms with van der Waals surface area (Å²) in [5.41, 5.74) is -0.00180. The molecule has 0 atom stereocenters. The molecule has 112 valence electrons. The molecular weight excluding hydrogens is 296 g/mol. The number of nitro benzene ring substituents is 1. The molecular formula is C12H14N4O4S. The van der Waals surface area contributed by atoms with Gasteiger partial charge in [-0.05, 0) is 29.8 Å². The van der Waals surface area contributed by atoms with Crippen molar-refractivity contribution in [3.63, 3.8) is 0 Å². The van der Waals surface area contributed by atoms with Crippen LogP contribution in [0.25, 0.3) is 0 Å². The molecule has 0 aliphatic rings. The van der Waals surface area contributed by atoms with Gasteiger partial charge in [0.1, 0.15) is 0 Å². The molecule has 0 radical (unpaired) electrons. The van der Waals surface area contributed by atoms with Crippen molar-refractivity contribution in [2.24, 2.45) is 0 Å². The molecule has 1 aromatic heterocycles. The van der Waals surface area contributed by atoms with E-state index < -0.39 is 4.92 Å². The first kappa shape index (κ1) is 15.3. The van der Waals surface area contributed by atoms with Gasteiger partial charge in [0.2, 0.25) is 0 Å². The van der Waals surface area contributed by atoms with Crippen LogP contribution in [0.2, 0.25) is 0 Å². The average Bonchev–Trinajstić information content (AvgIpc) is 2.81. The van der Waals surface area contributed by atoms with Crippen molar-refractivity contribution in [3.8, 4) is 0 Å². The Balaban J connectivity index is 2.40. The summed E-state index contributed by atoms with van der Waals surface area (Å²) in [6, 6.07) is 4.46. The largest absolute Gasteiger partial charge is 0.392 e. The minimum Gasteiger partial charge on any atom is -0.392 e. The second kappa shape index (κ2) is 6.55.